The lowest BCUT2D eigenvalue weighted by molar-refractivity contribution is -0.385. The molecular formula is C19H18ClN5O3. The summed E-state index contributed by atoms with van der Waals surface area (Å²) in [4.78, 5) is 22.6. The zero-order valence-electron chi connectivity index (χ0n) is 15.0. The van der Waals surface area contributed by atoms with Gasteiger partial charge in [0.25, 0.3) is 11.6 Å². The number of nitro groups is 1. The number of amides is 1. The highest BCUT2D eigenvalue weighted by atomic mass is 35.5. The van der Waals surface area contributed by atoms with Crippen molar-refractivity contribution in [1.29, 1.82) is 0 Å². The van der Waals surface area contributed by atoms with Crippen LogP contribution in [-0.2, 0) is 13.0 Å². The third kappa shape index (κ3) is 4.29. The summed E-state index contributed by atoms with van der Waals surface area (Å²) in [5, 5.41) is 21.7. The molecule has 0 fully saturated rings. The number of carbonyl (C=O) groups excluding carboxylic acids is 1. The summed E-state index contributed by atoms with van der Waals surface area (Å²) in [5.41, 5.74) is 8.56. The lowest BCUT2D eigenvalue weighted by Crippen LogP contribution is -2.15. The van der Waals surface area contributed by atoms with Crippen LogP contribution < -0.4 is 11.1 Å². The second-order valence-corrected chi connectivity index (χ2v) is 6.76. The Balaban J connectivity index is 1.81. The van der Waals surface area contributed by atoms with Gasteiger partial charge < -0.3 is 11.1 Å². The number of nitrogens with two attached hydrogens (primary N) is 1. The zero-order valence-corrected chi connectivity index (χ0v) is 15.8. The van der Waals surface area contributed by atoms with Crippen molar-refractivity contribution in [2.75, 3.05) is 5.32 Å². The summed E-state index contributed by atoms with van der Waals surface area (Å²) in [6.45, 7) is 1.93. The van der Waals surface area contributed by atoms with Gasteiger partial charge in [-0.15, -0.1) is 0 Å². The summed E-state index contributed by atoms with van der Waals surface area (Å²) < 4.78 is 0. The molecule has 0 spiro atoms. The maximum atomic E-state index is 12.0. The number of nitrogens with zero attached hydrogens (tertiary/aromatic N) is 2. The van der Waals surface area contributed by atoms with E-state index in [1.165, 1.54) is 6.07 Å². The number of primary amides is 1. The van der Waals surface area contributed by atoms with E-state index in [0.717, 1.165) is 5.56 Å². The van der Waals surface area contributed by atoms with Gasteiger partial charge in [0.1, 0.15) is 5.56 Å². The molecule has 4 N–H and O–H groups in total. The maximum absolute atomic E-state index is 12.0. The molecule has 9 heteroatoms. The molecule has 0 aliphatic heterocycles. The Morgan fingerprint density at radius 2 is 2.07 bits per heavy atom. The Hall–Kier alpha value is -3.39. The van der Waals surface area contributed by atoms with Gasteiger partial charge in [-0.1, -0.05) is 35.9 Å². The number of aryl methyl sites for hydroxylation is 1. The first kappa shape index (κ1) is 19.4. The molecule has 1 heterocycles. The molecule has 1 amide bonds. The van der Waals surface area contributed by atoms with Crippen molar-refractivity contribution in [3.8, 4) is 0 Å². The third-order valence-corrected chi connectivity index (χ3v) is 4.52. The van der Waals surface area contributed by atoms with Crippen LogP contribution in [0, 0.1) is 17.0 Å². The van der Waals surface area contributed by atoms with Gasteiger partial charge >= 0.3 is 0 Å². The van der Waals surface area contributed by atoms with Crippen LogP contribution in [0.3, 0.4) is 0 Å². The minimum absolute atomic E-state index is 0.0399. The Bertz CT molecular complexity index is 1050. The monoisotopic (exact) mass is 399 g/mol. The van der Waals surface area contributed by atoms with Crippen LogP contribution in [0.5, 0.6) is 0 Å². The molecule has 3 rings (SSSR count). The lowest BCUT2D eigenvalue weighted by atomic mass is 10.1. The molecule has 0 aliphatic carbocycles. The van der Waals surface area contributed by atoms with Crippen LogP contribution in [0.4, 0.5) is 11.5 Å². The summed E-state index contributed by atoms with van der Waals surface area (Å²) in [7, 11) is 0. The fourth-order valence-corrected chi connectivity index (χ4v) is 3.11. The molecule has 0 unspecified atom stereocenters. The normalized spacial score (nSPS) is 10.6. The van der Waals surface area contributed by atoms with E-state index in [1.807, 2.05) is 12.1 Å². The van der Waals surface area contributed by atoms with E-state index in [4.69, 9.17) is 17.3 Å². The highest BCUT2D eigenvalue weighted by molar-refractivity contribution is 6.30. The van der Waals surface area contributed by atoms with Gasteiger partial charge in [-0.05, 0) is 30.2 Å². The molecule has 2 aromatic carbocycles. The molecule has 0 aliphatic rings. The van der Waals surface area contributed by atoms with E-state index in [2.05, 4.69) is 15.5 Å². The number of aromatic nitrogens is 2. The van der Waals surface area contributed by atoms with Crippen LogP contribution in [0.25, 0.3) is 0 Å². The molecule has 1 aromatic heterocycles. The van der Waals surface area contributed by atoms with Crippen molar-refractivity contribution >= 4 is 29.0 Å². The highest BCUT2D eigenvalue weighted by Gasteiger charge is 2.19. The predicted octanol–water partition coefficient (Wildman–Crippen LogP) is 3.58. The largest absolute Gasteiger partial charge is 0.365 e. The number of benzene rings is 2. The van der Waals surface area contributed by atoms with Crippen LogP contribution in [0.15, 0.2) is 42.5 Å². The number of hydrogen-bond donors (Lipinski definition) is 3. The number of nitrogens with one attached hydrogen (secondary N) is 2. The molecule has 0 saturated carbocycles. The number of hydrogen-bond acceptors (Lipinski definition) is 5. The SMILES string of the molecule is Cc1ccc(CNc2n[nH]c(Cc3cccc(Cl)c3)c2C(N)=O)cc1[N+](=O)[O-]. The average Bonchev–Trinajstić information content (AvgIpc) is 3.03. The smallest absolute Gasteiger partial charge is 0.272 e. The number of aromatic amines is 1. The second-order valence-electron chi connectivity index (χ2n) is 6.33. The lowest BCUT2D eigenvalue weighted by Gasteiger charge is -2.07. The van der Waals surface area contributed by atoms with Gasteiger partial charge in [0, 0.05) is 29.6 Å². The van der Waals surface area contributed by atoms with E-state index in [0.29, 0.717) is 34.1 Å². The molecule has 3 aromatic rings. The average molecular weight is 400 g/mol. The van der Waals surface area contributed by atoms with Gasteiger partial charge in [-0.25, -0.2) is 0 Å². The van der Waals surface area contributed by atoms with Crippen molar-refractivity contribution < 1.29 is 9.72 Å². The Labute approximate surface area is 165 Å². The maximum Gasteiger partial charge on any atom is 0.272 e. The molecule has 0 atom stereocenters. The van der Waals surface area contributed by atoms with Crippen LogP contribution >= 0.6 is 11.6 Å². The number of nitro benzene ring substituents is 1. The Kier molecular flexibility index (Phi) is 5.60. The van der Waals surface area contributed by atoms with Gasteiger partial charge in [-0.3, -0.25) is 20.0 Å². The molecule has 8 nitrogen and oxygen atoms in total. The number of anilines is 1. The number of carbonyl (C=O) groups is 1. The topological polar surface area (TPSA) is 127 Å². The first-order valence-corrected chi connectivity index (χ1v) is 8.82. The Morgan fingerprint density at radius 1 is 1.29 bits per heavy atom. The van der Waals surface area contributed by atoms with Crippen molar-refractivity contribution in [2.24, 2.45) is 5.73 Å². The van der Waals surface area contributed by atoms with E-state index < -0.39 is 10.8 Å². The fourth-order valence-electron chi connectivity index (χ4n) is 2.90. The molecular weight excluding hydrogens is 382 g/mol. The molecule has 0 radical (unpaired) electrons. The summed E-state index contributed by atoms with van der Waals surface area (Å²) in [6, 6.07) is 12.2. The van der Waals surface area contributed by atoms with Gasteiger partial charge in [0.05, 0.1) is 10.6 Å². The van der Waals surface area contributed by atoms with Crippen LogP contribution in [-0.4, -0.2) is 21.0 Å². The molecule has 28 heavy (non-hydrogen) atoms. The van der Waals surface area contributed by atoms with Crippen molar-refractivity contribution in [1.82, 2.24) is 10.2 Å². The van der Waals surface area contributed by atoms with Crippen molar-refractivity contribution in [3.05, 3.63) is 85.5 Å². The standard InChI is InChI=1S/C19H18ClN5O3/c1-11-5-6-13(9-16(11)25(27)28)10-22-19-17(18(21)26)15(23-24-19)8-12-3-2-4-14(20)7-12/h2-7,9H,8,10H2,1H3,(H2,21,26)(H2,22,23,24). The van der Waals surface area contributed by atoms with Crippen LogP contribution in [0.2, 0.25) is 5.02 Å². The first-order chi connectivity index (χ1) is 13.3. The molecule has 144 valence electrons. The minimum Gasteiger partial charge on any atom is -0.365 e. The quantitative estimate of drug-likeness (QED) is 0.413. The third-order valence-electron chi connectivity index (χ3n) is 4.29. The summed E-state index contributed by atoms with van der Waals surface area (Å²) in [5.74, 6) is -0.323. The number of halogens is 1. The minimum atomic E-state index is -0.622. The first-order valence-electron chi connectivity index (χ1n) is 8.44. The summed E-state index contributed by atoms with van der Waals surface area (Å²) in [6.07, 6.45) is 0.406. The van der Waals surface area contributed by atoms with E-state index in [1.54, 1.807) is 31.2 Å². The number of rotatable bonds is 7. The van der Waals surface area contributed by atoms with Gasteiger partial charge in [-0.2, -0.15) is 5.10 Å². The van der Waals surface area contributed by atoms with Gasteiger partial charge in [0.15, 0.2) is 5.82 Å². The van der Waals surface area contributed by atoms with Crippen molar-refractivity contribution in [3.63, 3.8) is 0 Å². The van der Waals surface area contributed by atoms with Crippen LogP contribution in [0.1, 0.15) is 32.7 Å². The zero-order chi connectivity index (χ0) is 20.3. The Morgan fingerprint density at radius 3 is 2.75 bits per heavy atom. The second kappa shape index (κ2) is 8.10. The summed E-state index contributed by atoms with van der Waals surface area (Å²) >= 11 is 6.00. The molecule has 0 saturated heterocycles. The highest BCUT2D eigenvalue weighted by Crippen LogP contribution is 2.23. The van der Waals surface area contributed by atoms with E-state index >= 15 is 0 Å². The van der Waals surface area contributed by atoms with E-state index in [9.17, 15) is 14.9 Å². The molecule has 0 bridgehead atoms. The van der Waals surface area contributed by atoms with Gasteiger partial charge in [0.2, 0.25) is 0 Å². The van der Waals surface area contributed by atoms with E-state index in [-0.39, 0.29) is 17.8 Å². The predicted molar refractivity (Wildman–Crippen MR) is 107 cm³/mol. The number of H-pyrrole nitrogens is 1. The van der Waals surface area contributed by atoms with Crippen molar-refractivity contribution in [2.45, 2.75) is 19.9 Å². The fraction of sp³-hybridized carbons (Fsp3) is 0.158.